The molecule has 0 radical (unpaired) electrons. The fourth-order valence-electron chi connectivity index (χ4n) is 3.46. The molecule has 0 saturated carbocycles. The van der Waals surface area contributed by atoms with E-state index in [0.717, 1.165) is 35.5 Å². The van der Waals surface area contributed by atoms with Crippen LogP contribution >= 0.6 is 33.2 Å². The number of aliphatic hydroxyl groups excluding tert-OH is 1. The van der Waals surface area contributed by atoms with Crippen molar-refractivity contribution in [3.8, 4) is 0 Å². The molecule has 1 N–H and O–H groups in total. The fourth-order valence-corrected chi connectivity index (χ4v) is 5.86. The molecule has 1 atom stereocenters. The summed E-state index contributed by atoms with van der Waals surface area (Å²) in [5.74, 6) is 0.391. The van der Waals surface area contributed by atoms with Crippen LogP contribution in [0.1, 0.15) is 36.6 Å². The van der Waals surface area contributed by atoms with Gasteiger partial charge in [0.25, 0.3) is 0 Å². The molecule has 6 nitrogen and oxygen atoms in total. The Bertz CT molecular complexity index is 636. The molecule has 178 valence electrons. The normalized spacial score (nSPS) is 16.0. The maximum Gasteiger partial charge on any atom is 0.107 e. The Morgan fingerprint density at radius 2 is 1.81 bits per heavy atom. The second kappa shape index (κ2) is 14.2. The lowest BCUT2D eigenvalue weighted by molar-refractivity contribution is 0.0264. The highest BCUT2D eigenvalue weighted by atomic mass is 35.5. The number of methoxy groups -OCH3 is 1. The number of hydrogen-bond acceptors (Lipinski definition) is 8. The van der Waals surface area contributed by atoms with Gasteiger partial charge in [-0.15, -0.1) is 11.6 Å². The molecule has 1 aliphatic rings. The summed E-state index contributed by atoms with van der Waals surface area (Å²) in [5.41, 5.74) is 4.02. The lowest BCUT2D eigenvalue weighted by atomic mass is 9.97. The van der Waals surface area contributed by atoms with E-state index in [-0.39, 0.29) is 17.5 Å². The largest absolute Gasteiger partial charge is 0.392 e. The molecule has 31 heavy (non-hydrogen) atoms. The predicted molar refractivity (Wildman–Crippen MR) is 132 cm³/mol. The van der Waals surface area contributed by atoms with Crippen LogP contribution in [0.15, 0.2) is 12.1 Å². The van der Waals surface area contributed by atoms with Gasteiger partial charge in [0.05, 0.1) is 46.2 Å². The van der Waals surface area contributed by atoms with Crippen molar-refractivity contribution in [3.05, 3.63) is 28.8 Å². The molecule has 1 saturated heterocycles. The Balaban J connectivity index is 2.09. The van der Waals surface area contributed by atoms with Gasteiger partial charge in [0, 0.05) is 36.5 Å². The first-order valence-electron chi connectivity index (χ1n) is 10.5. The Morgan fingerprint density at radius 1 is 1.16 bits per heavy atom. The van der Waals surface area contributed by atoms with Gasteiger partial charge in [0.2, 0.25) is 0 Å². The van der Waals surface area contributed by atoms with Gasteiger partial charge in [0.1, 0.15) is 6.10 Å². The first-order valence-corrected chi connectivity index (χ1v) is 13.6. The summed E-state index contributed by atoms with van der Waals surface area (Å²) >= 11 is 6.28. The summed E-state index contributed by atoms with van der Waals surface area (Å²) in [4.78, 5) is 2.32. The minimum Gasteiger partial charge on any atom is -0.392 e. The second-order valence-corrected chi connectivity index (χ2v) is 11.3. The van der Waals surface area contributed by atoms with Gasteiger partial charge in [-0.3, -0.25) is 0 Å². The fraction of sp³-hybridized carbons (Fsp3) is 0.727. The molecule has 0 aromatic heterocycles. The topological polar surface area (TPSA) is 63.7 Å². The van der Waals surface area contributed by atoms with Gasteiger partial charge >= 0.3 is 0 Å². The van der Waals surface area contributed by atoms with E-state index in [9.17, 15) is 5.11 Å². The highest BCUT2D eigenvalue weighted by molar-refractivity contribution is 8.77. The predicted octanol–water partition coefficient (Wildman–Crippen LogP) is 4.26. The van der Waals surface area contributed by atoms with Crippen molar-refractivity contribution in [1.82, 2.24) is 0 Å². The monoisotopic (exact) mass is 493 g/mol. The minimum atomic E-state index is -0.0287. The Labute approximate surface area is 199 Å². The molecule has 1 aromatic carbocycles. The van der Waals surface area contributed by atoms with Crippen molar-refractivity contribution in [2.45, 2.75) is 37.2 Å². The van der Waals surface area contributed by atoms with Gasteiger partial charge in [-0.05, 0) is 48.9 Å². The first kappa shape index (κ1) is 27.1. The van der Waals surface area contributed by atoms with Crippen molar-refractivity contribution in [1.29, 1.82) is 0 Å². The number of halogens is 1. The summed E-state index contributed by atoms with van der Waals surface area (Å²) < 4.78 is 21.8. The number of epoxide rings is 1. The third kappa shape index (κ3) is 9.29. The molecule has 1 unspecified atom stereocenters. The number of ether oxygens (including phenoxy) is 4. The number of rotatable bonds is 17. The average molecular weight is 494 g/mol. The SMILES string of the molecule is COCCOCCOCCN(CC(C)(C)SSC)c1cc(CO)c(C2CO2)c(CCl)c1. The van der Waals surface area contributed by atoms with E-state index < -0.39 is 0 Å². The molecule has 1 fully saturated rings. The summed E-state index contributed by atoms with van der Waals surface area (Å²) in [6, 6.07) is 4.21. The Kier molecular flexibility index (Phi) is 12.4. The smallest absolute Gasteiger partial charge is 0.107 e. The van der Waals surface area contributed by atoms with Crippen LogP contribution in [-0.4, -0.2) is 75.9 Å². The maximum atomic E-state index is 10.0. The first-order chi connectivity index (χ1) is 15.0. The maximum absolute atomic E-state index is 10.0. The third-order valence-electron chi connectivity index (χ3n) is 4.86. The molecule has 9 heteroatoms. The molecular weight excluding hydrogens is 458 g/mol. The van der Waals surface area contributed by atoms with Gasteiger partial charge in [-0.25, -0.2) is 0 Å². The number of hydrogen-bond donors (Lipinski definition) is 1. The number of alkyl halides is 1. The van der Waals surface area contributed by atoms with Crippen molar-refractivity contribution < 1.29 is 24.1 Å². The zero-order valence-electron chi connectivity index (χ0n) is 19.0. The van der Waals surface area contributed by atoms with Crippen molar-refractivity contribution in [3.63, 3.8) is 0 Å². The Morgan fingerprint density at radius 3 is 2.39 bits per heavy atom. The molecule has 0 amide bonds. The standard InChI is InChI=1S/C22H36ClNO5S2/c1-22(2,31-30-4)16-24(5-6-27-9-10-28-8-7-26-3)19-11-17(13-23)21(20-15-29-20)18(12-19)14-25/h11-12,20,25H,5-10,13-16H2,1-4H3. The van der Waals surface area contributed by atoms with E-state index in [1.807, 2.05) is 10.8 Å². The third-order valence-corrected chi connectivity index (χ3v) is 7.75. The summed E-state index contributed by atoms with van der Waals surface area (Å²) in [7, 11) is 5.29. The van der Waals surface area contributed by atoms with Crippen LogP contribution in [0.3, 0.4) is 0 Å². The van der Waals surface area contributed by atoms with E-state index in [1.165, 1.54) is 0 Å². The second-order valence-electron chi connectivity index (χ2n) is 7.94. The number of aliphatic hydroxyl groups is 1. The highest BCUT2D eigenvalue weighted by Crippen LogP contribution is 2.39. The molecule has 1 aromatic rings. The number of benzene rings is 1. The number of anilines is 1. The van der Waals surface area contributed by atoms with Gasteiger partial charge in [-0.2, -0.15) is 0 Å². The van der Waals surface area contributed by atoms with Crippen molar-refractivity contribution in [2.24, 2.45) is 0 Å². The van der Waals surface area contributed by atoms with E-state index in [2.05, 4.69) is 37.1 Å². The number of nitrogens with zero attached hydrogens (tertiary/aromatic N) is 1. The van der Waals surface area contributed by atoms with Gasteiger partial charge in [0.15, 0.2) is 0 Å². The van der Waals surface area contributed by atoms with Gasteiger partial charge < -0.3 is 29.0 Å². The Hall–Kier alpha value is -0.190. The lowest BCUT2D eigenvalue weighted by Crippen LogP contribution is -2.38. The van der Waals surface area contributed by atoms with E-state index in [4.69, 9.17) is 30.5 Å². The summed E-state index contributed by atoms with van der Waals surface area (Å²) in [6.07, 6.45) is 2.16. The molecule has 1 heterocycles. The van der Waals surface area contributed by atoms with Crippen molar-refractivity contribution in [2.75, 3.05) is 71.0 Å². The molecule has 0 spiro atoms. The lowest BCUT2D eigenvalue weighted by Gasteiger charge is -2.34. The van der Waals surface area contributed by atoms with Crippen LogP contribution in [0.5, 0.6) is 0 Å². The summed E-state index contributed by atoms with van der Waals surface area (Å²) in [6.45, 7) is 9.59. The van der Waals surface area contributed by atoms with Crippen LogP contribution in [0, 0.1) is 0 Å². The van der Waals surface area contributed by atoms with E-state index in [0.29, 0.717) is 45.5 Å². The van der Waals surface area contributed by atoms with Crippen LogP contribution in [0.25, 0.3) is 0 Å². The van der Waals surface area contributed by atoms with Crippen molar-refractivity contribution >= 4 is 38.9 Å². The molecular formula is C22H36ClNO5S2. The van der Waals surface area contributed by atoms with Crippen LogP contribution in [0.4, 0.5) is 5.69 Å². The molecule has 1 aliphatic heterocycles. The van der Waals surface area contributed by atoms with Crippen LogP contribution in [0.2, 0.25) is 0 Å². The minimum absolute atomic E-state index is 0.0287. The highest BCUT2D eigenvalue weighted by Gasteiger charge is 2.31. The van der Waals surface area contributed by atoms with Crippen LogP contribution < -0.4 is 4.90 Å². The quantitative estimate of drug-likeness (QED) is 0.149. The zero-order chi connectivity index (χ0) is 22.7. The van der Waals surface area contributed by atoms with Crippen LogP contribution in [-0.2, 0) is 31.4 Å². The molecule has 0 bridgehead atoms. The molecule has 0 aliphatic carbocycles. The van der Waals surface area contributed by atoms with E-state index in [1.54, 1.807) is 17.9 Å². The molecule has 2 rings (SSSR count). The average Bonchev–Trinajstić information content (AvgIpc) is 3.58. The van der Waals surface area contributed by atoms with E-state index >= 15 is 0 Å². The van der Waals surface area contributed by atoms with Gasteiger partial charge in [-0.1, -0.05) is 21.6 Å². The zero-order valence-corrected chi connectivity index (χ0v) is 21.4. The summed E-state index contributed by atoms with van der Waals surface area (Å²) in [5, 5.41) is 10.0.